The normalized spacial score (nSPS) is 14.9. The van der Waals surface area contributed by atoms with E-state index in [1.54, 1.807) is 12.1 Å². The predicted molar refractivity (Wildman–Crippen MR) is 301 cm³/mol. The molecule has 0 atom stereocenters. The second kappa shape index (κ2) is 18.0. The Kier molecular flexibility index (Phi) is 8.54. The van der Waals surface area contributed by atoms with Gasteiger partial charge in [0.15, 0.2) is 0 Å². The van der Waals surface area contributed by atoms with Gasteiger partial charge in [0.1, 0.15) is 0 Å². The first-order valence-electron chi connectivity index (χ1n) is 29.7. The van der Waals surface area contributed by atoms with E-state index < -0.39 is 50.9 Å². The number of imidazole rings is 1. The van der Waals surface area contributed by atoms with E-state index in [0.717, 1.165) is 44.1 Å². The number of aromatic nitrogens is 4. The zero-order valence-corrected chi connectivity index (χ0v) is 42.6. The Bertz CT molecular complexity index is 4730. The number of pyridine rings is 1. The van der Waals surface area contributed by atoms with Gasteiger partial charge in [-0.2, -0.15) is 12.1 Å². The van der Waals surface area contributed by atoms with Gasteiger partial charge in [0.05, 0.1) is 0 Å². The first-order chi connectivity index (χ1) is 40.6. The Hall–Kier alpha value is -8.25. The molecule has 12 aromatic rings. The predicted octanol–water partition coefficient (Wildman–Crippen LogP) is 15.7. The summed E-state index contributed by atoms with van der Waals surface area (Å²) < 4.78 is 111. The molecule has 9 aromatic carbocycles. The molecule has 3 aromatic heterocycles. The molecule has 0 unspecified atom stereocenters. The quantitative estimate of drug-likeness (QED) is 0.107. The molecule has 6 nitrogen and oxygen atoms in total. The monoisotopic (exact) mass is 1150 g/mol. The van der Waals surface area contributed by atoms with Crippen molar-refractivity contribution in [2.45, 2.75) is 39.9 Å². The first-order valence-corrected chi connectivity index (χ1v) is 25.4. The second-order valence-corrected chi connectivity index (χ2v) is 20.4. The van der Waals surface area contributed by atoms with Crippen LogP contribution in [-0.4, -0.2) is 25.6 Å². The minimum atomic E-state index is -2.67. The summed E-state index contributed by atoms with van der Waals surface area (Å²) >= 11 is 2.20. The summed E-state index contributed by atoms with van der Waals surface area (Å²) in [6.45, 7) is 0.623. The number of para-hydroxylation sites is 3. The van der Waals surface area contributed by atoms with Crippen LogP contribution in [0.25, 0.3) is 77.6 Å². The zero-order chi connectivity index (χ0) is 59.6. The van der Waals surface area contributed by atoms with E-state index >= 15 is 0 Å². The third kappa shape index (κ3) is 7.60. The van der Waals surface area contributed by atoms with Crippen LogP contribution in [0, 0.1) is 29.6 Å². The fourth-order valence-corrected chi connectivity index (χ4v) is 11.8. The van der Waals surface area contributed by atoms with Crippen LogP contribution in [0.3, 0.4) is 0 Å². The number of aryl methyl sites for hydroxylation is 2. The fourth-order valence-electron chi connectivity index (χ4n) is 10.7. The van der Waals surface area contributed by atoms with Crippen molar-refractivity contribution in [2.24, 2.45) is 0 Å². The van der Waals surface area contributed by atoms with Crippen molar-refractivity contribution in [1.29, 1.82) is 0 Å². The fraction of sp³-hybridized carbons (Fsp3) is 0.0909. The van der Waals surface area contributed by atoms with Gasteiger partial charge in [-0.15, -0.1) is 5.39 Å². The molecule has 0 radical (unpaired) electrons. The summed E-state index contributed by atoms with van der Waals surface area (Å²) in [5, 5.41) is 2.10. The summed E-state index contributed by atoms with van der Waals surface area (Å²) in [6.07, 6.45) is 0. The van der Waals surface area contributed by atoms with Gasteiger partial charge in [-0.05, 0) is 11.5 Å². The zero-order valence-electron chi connectivity index (χ0n) is 51.4. The van der Waals surface area contributed by atoms with Crippen LogP contribution in [0.1, 0.15) is 52.5 Å². The van der Waals surface area contributed by atoms with Gasteiger partial charge >= 0.3 is 377 Å². The van der Waals surface area contributed by atoms with E-state index in [-0.39, 0.29) is 39.3 Å². The number of nitrogens with zero attached hydrogens (tertiary/aromatic N) is 5. The van der Waals surface area contributed by atoms with E-state index in [4.69, 9.17) is 22.1 Å². The van der Waals surface area contributed by atoms with Gasteiger partial charge < -0.3 is 0 Å². The molecule has 74 heavy (non-hydrogen) atoms. The van der Waals surface area contributed by atoms with Gasteiger partial charge in [-0.3, -0.25) is 0 Å². The molecular weight excluding hydrogens is 1080 g/mol. The molecule has 0 spiro atoms. The van der Waals surface area contributed by atoms with Gasteiger partial charge in [-0.1, -0.05) is 48.5 Å². The van der Waals surface area contributed by atoms with E-state index in [1.807, 2.05) is 135 Å². The molecule has 4 heterocycles. The number of anilines is 2. The van der Waals surface area contributed by atoms with Crippen LogP contribution in [0.2, 0.25) is 0 Å². The molecule has 0 amide bonds. The molecule has 1 aliphatic rings. The topological polar surface area (TPSA) is 40.1 Å². The van der Waals surface area contributed by atoms with Gasteiger partial charge in [0.2, 0.25) is 0 Å². The maximum absolute atomic E-state index is 9.30. The average molecular weight is 1150 g/mol. The molecule has 8 heteroatoms. The van der Waals surface area contributed by atoms with Crippen molar-refractivity contribution in [3.8, 4) is 56.4 Å². The van der Waals surface area contributed by atoms with Gasteiger partial charge in [0.25, 0.3) is 0 Å². The van der Waals surface area contributed by atoms with Crippen LogP contribution >= 0.6 is 0 Å². The van der Waals surface area contributed by atoms with Crippen molar-refractivity contribution >= 4 is 56.8 Å². The summed E-state index contributed by atoms with van der Waals surface area (Å²) in [6, 6.07) is 61.5. The Labute approximate surface area is 458 Å². The molecule has 1 aliphatic heterocycles. The number of hydrogen-bond acceptors (Lipinski definition) is 3. The van der Waals surface area contributed by atoms with Crippen LogP contribution < -0.4 is 15.0 Å². The number of fused-ring (bicyclic) bond motifs is 4. The van der Waals surface area contributed by atoms with Crippen LogP contribution in [0.5, 0.6) is 11.6 Å². The number of rotatable bonds is 9. The van der Waals surface area contributed by atoms with Gasteiger partial charge in [-0.25, -0.2) is 0 Å². The third-order valence-electron chi connectivity index (χ3n) is 13.8. The molecule has 13 rings (SSSR count). The van der Waals surface area contributed by atoms with E-state index in [0.29, 0.717) is 48.7 Å². The van der Waals surface area contributed by atoms with E-state index in [1.165, 1.54) is 12.1 Å². The summed E-state index contributed by atoms with van der Waals surface area (Å²) in [5.41, 5.74) is 8.80. The molecule has 0 N–H and O–H groups in total. The van der Waals surface area contributed by atoms with Crippen LogP contribution in [-0.2, 0) is 24.8 Å². The Morgan fingerprint density at radius 3 is 2.04 bits per heavy atom. The Morgan fingerprint density at radius 2 is 1.28 bits per heavy atom. The van der Waals surface area contributed by atoms with Crippen molar-refractivity contribution in [3.63, 3.8) is 0 Å². The Morgan fingerprint density at radius 1 is 0.622 bits per heavy atom. The average Bonchev–Trinajstić information content (AvgIpc) is 1.63. The molecular formula is C66H50BN5OPt-2. The van der Waals surface area contributed by atoms with E-state index in [2.05, 4.69) is 93.1 Å². The minimum absolute atomic E-state index is 0.000623. The molecule has 360 valence electrons. The second-order valence-electron chi connectivity index (χ2n) is 19.4. The standard InChI is InChI=1S/C66H50BN5O.Pt/c1-44-38-54(46-22-9-6-10-23-46)64(55(39-44)47-24-11-7-12-25-47)70-43-69(58-33-19-20-34-59(58)70)49-36-37-52(50-28-15-17-31-56(50)66(3,4)5)61(42-49)73-63-41-45(2)40-62(68-63)71-60-35-21-30-53-51-29-16-18-32-57(51)72(65(53)60)67(71)48-26-13-8-14-27-48;/h6-34,36-41H,1-5H3;/q-2;/i1D3,2D3,6D,9D,10D,22D,23D;. The van der Waals surface area contributed by atoms with Crippen molar-refractivity contribution in [1.82, 2.24) is 18.6 Å². The molecule has 0 fully saturated rings. The third-order valence-corrected chi connectivity index (χ3v) is 14.8. The summed E-state index contributed by atoms with van der Waals surface area (Å²) in [4.78, 5) is 7.29. The van der Waals surface area contributed by atoms with Gasteiger partial charge in [0, 0.05) is 5.52 Å². The number of ether oxygens (including phenoxy) is 1. The number of hydrogen-bond donors (Lipinski definition) is 0. The first kappa shape index (κ1) is 35.0. The Balaban J connectivity index is 1.06. The SMILES string of the molecule is [2H]c1c([2H])c([2H])c(-c2cc(C([2H])([2H])[2H])cc(-c3ccccc3)c2-n2[c](=[Pt])n(-c3[c-]c(Oc4cc(C([2H])([2H])[2H])cc(N5B(c6ccccc6)n6c7ccccc7c7cc[c-]c5c76)n4)c(-c4ccccc4C(C)(C)C)cc3)c3ccccc32)c([2H])c1[2H]. The molecule has 0 saturated heterocycles. The van der Waals surface area contributed by atoms with Crippen molar-refractivity contribution in [3.05, 3.63) is 245 Å². The molecule has 0 saturated carbocycles. The van der Waals surface area contributed by atoms with Crippen LogP contribution in [0.15, 0.2) is 212 Å². The maximum atomic E-state index is 9.30. The molecule has 0 bridgehead atoms. The summed E-state index contributed by atoms with van der Waals surface area (Å²) in [7, 11) is 0. The van der Waals surface area contributed by atoms with Crippen molar-refractivity contribution in [2.75, 3.05) is 4.81 Å². The van der Waals surface area contributed by atoms with Crippen molar-refractivity contribution < 1.29 is 39.2 Å². The summed E-state index contributed by atoms with van der Waals surface area (Å²) in [5.74, 6) is 0.552. The van der Waals surface area contributed by atoms with Crippen LogP contribution in [0.4, 0.5) is 11.5 Å². The molecule has 0 aliphatic carbocycles. The number of benzene rings is 9. The van der Waals surface area contributed by atoms with E-state index in [9.17, 15) is 2.74 Å².